The summed E-state index contributed by atoms with van der Waals surface area (Å²) in [7, 11) is 0. The number of aromatic nitrogens is 1. The zero-order valence-corrected chi connectivity index (χ0v) is 9.27. The van der Waals surface area contributed by atoms with Crippen molar-refractivity contribution >= 4 is 17.1 Å². The maximum absolute atomic E-state index is 5.82. The molecule has 0 atom stereocenters. The predicted octanol–water partition coefficient (Wildman–Crippen LogP) is 2.97. The van der Waals surface area contributed by atoms with E-state index in [9.17, 15) is 0 Å². The smallest absolute Gasteiger partial charge is 0.0804 e. The van der Waals surface area contributed by atoms with Crippen molar-refractivity contribution in [3.8, 4) is 0 Å². The normalized spacial score (nSPS) is 10.1. The first-order valence-corrected chi connectivity index (χ1v) is 5.35. The first-order chi connectivity index (χ1) is 7.79. The van der Waals surface area contributed by atoms with E-state index in [0.717, 1.165) is 17.8 Å². The summed E-state index contributed by atoms with van der Waals surface area (Å²) in [6.07, 6.45) is 4.46. The number of nitrogens with zero attached hydrogens (tertiary/aromatic N) is 1. The molecule has 0 saturated carbocycles. The van der Waals surface area contributed by atoms with Crippen LogP contribution in [0.1, 0.15) is 12.5 Å². The largest absolute Gasteiger partial charge is 0.397 e. The third-order valence-electron chi connectivity index (χ3n) is 2.50. The number of nitrogen functional groups attached to an aromatic ring is 1. The van der Waals surface area contributed by atoms with E-state index in [2.05, 4.69) is 29.4 Å². The fourth-order valence-electron chi connectivity index (χ4n) is 1.49. The van der Waals surface area contributed by atoms with Crippen molar-refractivity contribution in [1.29, 1.82) is 0 Å². The zero-order chi connectivity index (χ0) is 11.4. The number of anilines is 3. The Bertz CT molecular complexity index is 463. The molecule has 0 bridgehead atoms. The second kappa shape index (κ2) is 4.66. The highest BCUT2D eigenvalue weighted by Crippen LogP contribution is 2.21. The van der Waals surface area contributed by atoms with Crippen molar-refractivity contribution in [2.75, 3.05) is 11.1 Å². The fraction of sp³-hybridized carbons (Fsp3) is 0.154. The summed E-state index contributed by atoms with van der Waals surface area (Å²) in [6.45, 7) is 2.14. The number of nitrogens with two attached hydrogens (primary N) is 1. The maximum atomic E-state index is 5.82. The molecule has 0 fully saturated rings. The van der Waals surface area contributed by atoms with E-state index in [-0.39, 0.29) is 0 Å². The number of rotatable bonds is 3. The molecular weight excluding hydrogens is 198 g/mol. The Morgan fingerprint density at radius 3 is 2.56 bits per heavy atom. The van der Waals surface area contributed by atoms with Crippen LogP contribution in [0.3, 0.4) is 0 Å². The molecule has 3 heteroatoms. The second-order valence-electron chi connectivity index (χ2n) is 3.64. The molecule has 0 unspecified atom stereocenters. The van der Waals surface area contributed by atoms with E-state index in [1.807, 2.05) is 12.1 Å². The monoisotopic (exact) mass is 213 g/mol. The van der Waals surface area contributed by atoms with Crippen LogP contribution in [-0.2, 0) is 6.42 Å². The highest BCUT2D eigenvalue weighted by Gasteiger charge is 1.98. The van der Waals surface area contributed by atoms with Crippen molar-refractivity contribution < 1.29 is 0 Å². The molecule has 3 nitrogen and oxygen atoms in total. The fourth-order valence-corrected chi connectivity index (χ4v) is 1.49. The first kappa shape index (κ1) is 10.5. The van der Waals surface area contributed by atoms with Gasteiger partial charge in [-0.1, -0.05) is 19.1 Å². The first-order valence-electron chi connectivity index (χ1n) is 5.35. The van der Waals surface area contributed by atoms with Gasteiger partial charge >= 0.3 is 0 Å². The van der Waals surface area contributed by atoms with Crippen LogP contribution in [0.4, 0.5) is 17.1 Å². The Balaban J connectivity index is 2.18. The third kappa shape index (κ3) is 2.31. The van der Waals surface area contributed by atoms with Gasteiger partial charge in [0.25, 0.3) is 0 Å². The standard InChI is InChI=1S/C13H15N3/c1-2-10-3-5-11(6-4-10)16-13-9-15-8-7-12(13)14/h3-9,16H,2H2,1H3,(H2,14,15). The van der Waals surface area contributed by atoms with Gasteiger partial charge in [-0.25, -0.2) is 0 Å². The van der Waals surface area contributed by atoms with Gasteiger partial charge in [0.05, 0.1) is 17.6 Å². The molecule has 0 radical (unpaired) electrons. The van der Waals surface area contributed by atoms with E-state index in [1.54, 1.807) is 18.5 Å². The van der Waals surface area contributed by atoms with Gasteiger partial charge in [-0.2, -0.15) is 0 Å². The Morgan fingerprint density at radius 2 is 1.94 bits per heavy atom. The van der Waals surface area contributed by atoms with Crippen molar-refractivity contribution in [2.24, 2.45) is 0 Å². The van der Waals surface area contributed by atoms with Crippen LogP contribution in [0.5, 0.6) is 0 Å². The van der Waals surface area contributed by atoms with Gasteiger partial charge in [-0.3, -0.25) is 4.98 Å². The van der Waals surface area contributed by atoms with Crippen LogP contribution in [0, 0.1) is 0 Å². The van der Waals surface area contributed by atoms with Gasteiger partial charge in [0.15, 0.2) is 0 Å². The van der Waals surface area contributed by atoms with Crippen molar-refractivity contribution in [2.45, 2.75) is 13.3 Å². The SMILES string of the molecule is CCc1ccc(Nc2cnccc2N)cc1. The summed E-state index contributed by atoms with van der Waals surface area (Å²) < 4.78 is 0. The molecule has 0 saturated heterocycles. The lowest BCUT2D eigenvalue weighted by Gasteiger charge is -2.08. The molecule has 2 rings (SSSR count). The minimum atomic E-state index is 0.703. The quantitative estimate of drug-likeness (QED) is 0.824. The number of pyridine rings is 1. The molecular formula is C13H15N3. The average Bonchev–Trinajstić information content (AvgIpc) is 2.33. The van der Waals surface area contributed by atoms with Crippen molar-refractivity contribution in [3.63, 3.8) is 0 Å². The van der Waals surface area contributed by atoms with Crippen molar-refractivity contribution in [1.82, 2.24) is 4.98 Å². The molecule has 2 aromatic rings. The lowest BCUT2D eigenvalue weighted by molar-refractivity contribution is 1.14. The highest BCUT2D eigenvalue weighted by atomic mass is 14.9. The molecule has 1 aromatic heterocycles. The molecule has 3 N–H and O–H groups in total. The Hall–Kier alpha value is -2.03. The van der Waals surface area contributed by atoms with Gasteiger partial charge in [-0.15, -0.1) is 0 Å². The van der Waals surface area contributed by atoms with Crippen LogP contribution < -0.4 is 11.1 Å². The Morgan fingerprint density at radius 1 is 1.19 bits per heavy atom. The number of hydrogen-bond donors (Lipinski definition) is 2. The van der Waals surface area contributed by atoms with Gasteiger partial charge in [-0.05, 0) is 30.2 Å². The van der Waals surface area contributed by atoms with Crippen LogP contribution in [-0.4, -0.2) is 4.98 Å². The highest BCUT2D eigenvalue weighted by molar-refractivity contribution is 5.71. The molecule has 0 spiro atoms. The Labute approximate surface area is 95.3 Å². The summed E-state index contributed by atoms with van der Waals surface area (Å²) >= 11 is 0. The molecule has 0 amide bonds. The summed E-state index contributed by atoms with van der Waals surface area (Å²) in [5.41, 5.74) is 9.71. The third-order valence-corrected chi connectivity index (χ3v) is 2.50. The molecule has 1 aromatic carbocycles. The molecule has 0 aliphatic rings. The van der Waals surface area contributed by atoms with E-state index < -0.39 is 0 Å². The van der Waals surface area contributed by atoms with Gasteiger partial charge in [0.2, 0.25) is 0 Å². The van der Waals surface area contributed by atoms with E-state index in [1.165, 1.54) is 5.56 Å². The number of hydrogen-bond acceptors (Lipinski definition) is 3. The van der Waals surface area contributed by atoms with Gasteiger partial charge < -0.3 is 11.1 Å². The summed E-state index contributed by atoms with van der Waals surface area (Å²) in [4.78, 5) is 4.03. The average molecular weight is 213 g/mol. The summed E-state index contributed by atoms with van der Waals surface area (Å²) in [6, 6.07) is 10.1. The molecule has 0 aliphatic carbocycles. The minimum absolute atomic E-state index is 0.703. The van der Waals surface area contributed by atoms with Gasteiger partial charge in [0.1, 0.15) is 0 Å². The predicted molar refractivity (Wildman–Crippen MR) is 67.8 cm³/mol. The second-order valence-corrected chi connectivity index (χ2v) is 3.64. The lowest BCUT2D eigenvalue weighted by Crippen LogP contribution is -1.96. The van der Waals surface area contributed by atoms with E-state index in [4.69, 9.17) is 5.73 Å². The topological polar surface area (TPSA) is 50.9 Å². The van der Waals surface area contributed by atoms with Crippen LogP contribution in [0.2, 0.25) is 0 Å². The molecule has 0 aliphatic heterocycles. The number of benzene rings is 1. The Kier molecular flexibility index (Phi) is 3.05. The minimum Gasteiger partial charge on any atom is -0.397 e. The number of nitrogens with one attached hydrogen (secondary N) is 1. The van der Waals surface area contributed by atoms with Crippen LogP contribution in [0.15, 0.2) is 42.7 Å². The lowest BCUT2D eigenvalue weighted by atomic mass is 10.1. The maximum Gasteiger partial charge on any atom is 0.0804 e. The molecule has 16 heavy (non-hydrogen) atoms. The molecule has 1 heterocycles. The number of aryl methyl sites for hydroxylation is 1. The van der Waals surface area contributed by atoms with E-state index in [0.29, 0.717) is 5.69 Å². The van der Waals surface area contributed by atoms with Crippen LogP contribution in [0.25, 0.3) is 0 Å². The summed E-state index contributed by atoms with van der Waals surface area (Å²) in [5, 5.41) is 3.24. The van der Waals surface area contributed by atoms with Gasteiger partial charge in [0, 0.05) is 11.9 Å². The summed E-state index contributed by atoms with van der Waals surface area (Å²) in [5.74, 6) is 0. The molecule has 82 valence electrons. The van der Waals surface area contributed by atoms with Crippen molar-refractivity contribution in [3.05, 3.63) is 48.3 Å². The van der Waals surface area contributed by atoms with Crippen LogP contribution >= 0.6 is 0 Å². The van der Waals surface area contributed by atoms with E-state index >= 15 is 0 Å². The zero-order valence-electron chi connectivity index (χ0n) is 9.27.